The van der Waals surface area contributed by atoms with E-state index in [1.165, 1.54) is 0 Å². The van der Waals surface area contributed by atoms with Gasteiger partial charge in [0.2, 0.25) is 11.7 Å². The largest absolute Gasteiger partial charge is 0.497 e. The summed E-state index contributed by atoms with van der Waals surface area (Å²) in [5.41, 5.74) is 0.876. The van der Waals surface area contributed by atoms with E-state index in [-0.39, 0.29) is 6.61 Å². The number of methoxy groups -OCH3 is 1. The van der Waals surface area contributed by atoms with Crippen molar-refractivity contribution in [3.63, 3.8) is 0 Å². The Hall–Kier alpha value is -1.92. The van der Waals surface area contributed by atoms with Crippen molar-refractivity contribution in [2.75, 3.05) is 27.3 Å². The number of hydrogen-bond donors (Lipinski definition) is 1. The van der Waals surface area contributed by atoms with E-state index in [9.17, 15) is 0 Å². The Morgan fingerprint density at radius 2 is 2.05 bits per heavy atom. The number of benzene rings is 1. The number of aliphatic hydroxyl groups is 1. The van der Waals surface area contributed by atoms with Crippen LogP contribution in [0.5, 0.6) is 5.75 Å². The first-order valence-corrected chi connectivity index (χ1v) is 5.99. The van der Waals surface area contributed by atoms with Crippen molar-refractivity contribution in [1.29, 1.82) is 0 Å². The molecule has 2 rings (SSSR count). The van der Waals surface area contributed by atoms with Gasteiger partial charge in [-0.1, -0.05) is 5.16 Å². The van der Waals surface area contributed by atoms with Crippen molar-refractivity contribution in [2.24, 2.45) is 0 Å². The minimum Gasteiger partial charge on any atom is -0.497 e. The third-order valence-corrected chi connectivity index (χ3v) is 2.70. The second-order valence-electron chi connectivity index (χ2n) is 4.20. The molecule has 0 spiro atoms. The zero-order chi connectivity index (χ0) is 13.7. The maximum absolute atomic E-state index is 8.83. The molecular formula is C13H17N3O3. The molecule has 2 aromatic rings. The first-order chi connectivity index (χ1) is 9.22. The van der Waals surface area contributed by atoms with E-state index >= 15 is 0 Å². The monoisotopic (exact) mass is 263 g/mol. The van der Waals surface area contributed by atoms with Gasteiger partial charge in [0.1, 0.15) is 5.75 Å². The lowest BCUT2D eigenvalue weighted by Gasteiger charge is -2.10. The van der Waals surface area contributed by atoms with Crippen molar-refractivity contribution in [3.8, 4) is 17.1 Å². The van der Waals surface area contributed by atoms with Gasteiger partial charge >= 0.3 is 0 Å². The first kappa shape index (κ1) is 13.5. The van der Waals surface area contributed by atoms with Crippen LogP contribution in [0.3, 0.4) is 0 Å². The molecule has 0 unspecified atom stereocenters. The molecule has 102 valence electrons. The van der Waals surface area contributed by atoms with Gasteiger partial charge in [0.15, 0.2) is 0 Å². The Morgan fingerprint density at radius 3 is 2.68 bits per heavy atom. The first-order valence-electron chi connectivity index (χ1n) is 5.99. The lowest BCUT2D eigenvalue weighted by molar-refractivity contribution is 0.200. The van der Waals surface area contributed by atoms with Crippen molar-refractivity contribution >= 4 is 0 Å². The van der Waals surface area contributed by atoms with Gasteiger partial charge in [-0.05, 0) is 31.3 Å². The summed E-state index contributed by atoms with van der Waals surface area (Å²) in [4.78, 5) is 6.22. The van der Waals surface area contributed by atoms with Crippen LogP contribution in [-0.4, -0.2) is 47.5 Å². The highest BCUT2D eigenvalue weighted by atomic mass is 16.5. The molecule has 1 N–H and O–H groups in total. The summed E-state index contributed by atoms with van der Waals surface area (Å²) in [5, 5.41) is 12.8. The molecule has 0 aliphatic carbocycles. The minimum atomic E-state index is 0.107. The van der Waals surface area contributed by atoms with E-state index in [1.807, 2.05) is 36.2 Å². The average Bonchev–Trinajstić information content (AvgIpc) is 2.87. The van der Waals surface area contributed by atoms with Crippen LogP contribution in [0.1, 0.15) is 5.89 Å². The number of rotatable bonds is 6. The molecule has 19 heavy (non-hydrogen) atoms. The Balaban J connectivity index is 2.07. The van der Waals surface area contributed by atoms with E-state index in [1.54, 1.807) is 7.11 Å². The Morgan fingerprint density at radius 1 is 1.32 bits per heavy atom. The minimum absolute atomic E-state index is 0.107. The molecule has 0 atom stereocenters. The number of hydrogen-bond acceptors (Lipinski definition) is 6. The van der Waals surface area contributed by atoms with Gasteiger partial charge in [-0.25, -0.2) is 0 Å². The molecule has 0 amide bonds. The lowest BCUT2D eigenvalue weighted by atomic mass is 10.2. The molecule has 0 aliphatic rings. The zero-order valence-corrected chi connectivity index (χ0v) is 11.0. The molecule has 6 heteroatoms. The summed E-state index contributed by atoms with van der Waals surface area (Å²) in [6, 6.07) is 7.46. The van der Waals surface area contributed by atoms with Crippen molar-refractivity contribution in [1.82, 2.24) is 15.0 Å². The summed E-state index contributed by atoms with van der Waals surface area (Å²) in [6.45, 7) is 1.19. The summed E-state index contributed by atoms with van der Waals surface area (Å²) >= 11 is 0. The van der Waals surface area contributed by atoms with Gasteiger partial charge < -0.3 is 14.4 Å². The molecular weight excluding hydrogens is 246 g/mol. The molecule has 1 aromatic carbocycles. The Kier molecular flexibility index (Phi) is 4.48. The second kappa shape index (κ2) is 6.31. The SMILES string of the molecule is COc1ccc(-c2noc(CN(C)CCO)n2)cc1. The summed E-state index contributed by atoms with van der Waals surface area (Å²) in [7, 11) is 3.51. The molecule has 0 radical (unpaired) electrons. The standard InChI is InChI=1S/C13H17N3O3/c1-16(7-8-17)9-12-14-13(15-19-12)10-3-5-11(18-2)6-4-10/h3-6,17H,7-9H2,1-2H3. The van der Waals surface area contributed by atoms with Crippen LogP contribution in [0.25, 0.3) is 11.4 Å². The highest BCUT2D eigenvalue weighted by molar-refractivity contribution is 5.55. The Bertz CT molecular complexity index is 510. The van der Waals surface area contributed by atoms with Gasteiger partial charge in [0, 0.05) is 12.1 Å². The highest BCUT2D eigenvalue weighted by Gasteiger charge is 2.10. The summed E-state index contributed by atoms with van der Waals surface area (Å²) in [6.07, 6.45) is 0. The highest BCUT2D eigenvalue weighted by Crippen LogP contribution is 2.19. The quantitative estimate of drug-likeness (QED) is 0.843. The van der Waals surface area contributed by atoms with Crippen molar-refractivity contribution < 1.29 is 14.4 Å². The number of aromatic nitrogens is 2. The van der Waals surface area contributed by atoms with Gasteiger partial charge in [-0.15, -0.1) is 0 Å². The normalized spacial score (nSPS) is 10.9. The molecule has 0 saturated carbocycles. The van der Waals surface area contributed by atoms with E-state index in [0.29, 0.717) is 24.8 Å². The van der Waals surface area contributed by atoms with Crippen LogP contribution < -0.4 is 4.74 Å². The third-order valence-electron chi connectivity index (χ3n) is 2.70. The molecule has 1 heterocycles. The summed E-state index contributed by atoms with van der Waals surface area (Å²) in [5.74, 6) is 1.87. The van der Waals surface area contributed by atoms with Crippen LogP contribution in [-0.2, 0) is 6.54 Å². The van der Waals surface area contributed by atoms with Crippen LogP contribution in [0.2, 0.25) is 0 Å². The Labute approximate surface area is 111 Å². The maximum Gasteiger partial charge on any atom is 0.241 e. The molecule has 0 aliphatic heterocycles. The van der Waals surface area contributed by atoms with Crippen molar-refractivity contribution in [3.05, 3.63) is 30.2 Å². The second-order valence-corrected chi connectivity index (χ2v) is 4.20. The van der Waals surface area contributed by atoms with Gasteiger partial charge in [-0.2, -0.15) is 4.98 Å². The summed E-state index contributed by atoms with van der Waals surface area (Å²) < 4.78 is 10.3. The van der Waals surface area contributed by atoms with Crippen LogP contribution in [0, 0.1) is 0 Å². The fourth-order valence-corrected chi connectivity index (χ4v) is 1.66. The number of aliphatic hydroxyl groups excluding tert-OH is 1. The van der Waals surface area contributed by atoms with E-state index < -0.39 is 0 Å². The fraction of sp³-hybridized carbons (Fsp3) is 0.385. The smallest absolute Gasteiger partial charge is 0.241 e. The fourth-order valence-electron chi connectivity index (χ4n) is 1.66. The van der Waals surface area contributed by atoms with Crippen molar-refractivity contribution in [2.45, 2.75) is 6.54 Å². The molecule has 0 saturated heterocycles. The number of likely N-dealkylation sites (N-methyl/N-ethyl adjacent to an activating group) is 1. The van der Waals surface area contributed by atoms with Gasteiger partial charge in [0.25, 0.3) is 0 Å². The average molecular weight is 263 g/mol. The van der Waals surface area contributed by atoms with E-state index in [2.05, 4.69) is 10.1 Å². The molecule has 6 nitrogen and oxygen atoms in total. The van der Waals surface area contributed by atoms with Crippen LogP contribution in [0.15, 0.2) is 28.8 Å². The molecule has 0 bridgehead atoms. The van der Waals surface area contributed by atoms with Crippen LogP contribution >= 0.6 is 0 Å². The van der Waals surface area contributed by atoms with E-state index in [0.717, 1.165) is 11.3 Å². The molecule has 1 aromatic heterocycles. The predicted octanol–water partition coefficient (Wildman–Crippen LogP) is 1.17. The third kappa shape index (κ3) is 3.52. The predicted molar refractivity (Wildman–Crippen MR) is 69.7 cm³/mol. The maximum atomic E-state index is 8.83. The topological polar surface area (TPSA) is 71.6 Å². The lowest BCUT2D eigenvalue weighted by Crippen LogP contribution is -2.21. The zero-order valence-electron chi connectivity index (χ0n) is 11.0. The molecule has 0 fully saturated rings. The number of nitrogens with zero attached hydrogens (tertiary/aromatic N) is 3. The number of ether oxygens (including phenoxy) is 1. The van der Waals surface area contributed by atoms with Gasteiger partial charge in [0.05, 0.1) is 20.3 Å². The van der Waals surface area contributed by atoms with E-state index in [4.69, 9.17) is 14.4 Å². The van der Waals surface area contributed by atoms with Gasteiger partial charge in [-0.3, -0.25) is 4.90 Å². The van der Waals surface area contributed by atoms with Crippen LogP contribution in [0.4, 0.5) is 0 Å².